The molecule has 0 unspecified atom stereocenters. The molecule has 0 aromatic heterocycles. The molecule has 2 aromatic rings. The SMILES string of the molecule is CC(=O)C1=NN(c2ccccc2)[C@@](SCc2ccc([N+](=O)[O-])cc2)(N2CCOCC2)S1. The van der Waals surface area contributed by atoms with Gasteiger partial charge in [0, 0.05) is 37.9 Å². The Morgan fingerprint density at radius 2 is 1.87 bits per heavy atom. The number of nitro groups is 1. The monoisotopic (exact) mass is 458 g/mol. The van der Waals surface area contributed by atoms with E-state index in [0.717, 1.165) is 11.3 Å². The summed E-state index contributed by atoms with van der Waals surface area (Å²) in [5.74, 6) is 0.531. The fraction of sp³-hybridized carbons (Fsp3) is 0.333. The van der Waals surface area contributed by atoms with Gasteiger partial charge in [0.2, 0.25) is 4.33 Å². The minimum Gasteiger partial charge on any atom is -0.379 e. The van der Waals surface area contributed by atoms with E-state index in [4.69, 9.17) is 9.84 Å². The summed E-state index contributed by atoms with van der Waals surface area (Å²) in [6.07, 6.45) is 0. The lowest BCUT2D eigenvalue weighted by Crippen LogP contribution is -2.56. The zero-order valence-corrected chi connectivity index (χ0v) is 18.6. The molecule has 0 radical (unpaired) electrons. The predicted octanol–water partition coefficient (Wildman–Crippen LogP) is 3.93. The number of morpholine rings is 1. The second-order valence-corrected chi connectivity index (χ2v) is 9.64. The first kappa shape index (κ1) is 21.8. The van der Waals surface area contributed by atoms with Gasteiger partial charge in [0.15, 0.2) is 10.8 Å². The van der Waals surface area contributed by atoms with Gasteiger partial charge in [-0.2, -0.15) is 5.10 Å². The third kappa shape index (κ3) is 4.62. The Bertz CT molecular complexity index is 981. The maximum absolute atomic E-state index is 12.3. The number of carbonyl (C=O) groups is 1. The highest BCUT2D eigenvalue weighted by atomic mass is 32.2. The van der Waals surface area contributed by atoms with Crippen LogP contribution in [0.15, 0.2) is 59.7 Å². The van der Waals surface area contributed by atoms with E-state index in [1.807, 2.05) is 35.3 Å². The molecule has 0 N–H and O–H groups in total. The fourth-order valence-corrected chi connectivity index (χ4v) is 6.29. The first-order valence-electron chi connectivity index (χ1n) is 9.83. The minimum absolute atomic E-state index is 0.0694. The van der Waals surface area contributed by atoms with E-state index in [1.165, 1.54) is 30.8 Å². The van der Waals surface area contributed by atoms with Crippen LogP contribution >= 0.6 is 23.5 Å². The number of rotatable bonds is 7. The molecule has 0 aliphatic carbocycles. The largest absolute Gasteiger partial charge is 0.379 e. The van der Waals surface area contributed by atoms with Crippen LogP contribution in [-0.2, 0) is 15.3 Å². The van der Waals surface area contributed by atoms with Crippen molar-refractivity contribution in [2.24, 2.45) is 5.10 Å². The molecule has 0 amide bonds. The van der Waals surface area contributed by atoms with E-state index in [9.17, 15) is 14.9 Å². The van der Waals surface area contributed by atoms with Gasteiger partial charge in [0.05, 0.1) is 23.8 Å². The summed E-state index contributed by atoms with van der Waals surface area (Å²) in [6, 6.07) is 16.4. The molecule has 31 heavy (non-hydrogen) atoms. The van der Waals surface area contributed by atoms with Crippen molar-refractivity contribution in [1.29, 1.82) is 0 Å². The molecule has 2 aliphatic heterocycles. The smallest absolute Gasteiger partial charge is 0.269 e. The van der Waals surface area contributed by atoms with Crippen molar-refractivity contribution in [1.82, 2.24) is 4.90 Å². The highest BCUT2D eigenvalue weighted by Gasteiger charge is 2.51. The zero-order chi connectivity index (χ0) is 21.8. The van der Waals surface area contributed by atoms with Crippen LogP contribution < -0.4 is 5.01 Å². The number of nitrogens with zero attached hydrogens (tertiary/aromatic N) is 4. The Kier molecular flexibility index (Phi) is 6.61. The van der Waals surface area contributed by atoms with Crippen LogP contribution in [-0.4, -0.2) is 51.3 Å². The number of ether oxygens (including phenoxy) is 1. The fourth-order valence-electron chi connectivity index (χ4n) is 3.39. The molecular weight excluding hydrogens is 436 g/mol. The van der Waals surface area contributed by atoms with E-state index in [2.05, 4.69) is 4.90 Å². The second-order valence-electron chi connectivity index (χ2n) is 7.07. The summed E-state index contributed by atoms with van der Waals surface area (Å²) in [4.78, 5) is 25.1. The number of Topliss-reactive ketones (excluding diaryl/α,β-unsaturated/α-hetero) is 1. The lowest BCUT2D eigenvalue weighted by atomic mass is 10.2. The molecule has 8 nitrogen and oxygen atoms in total. The van der Waals surface area contributed by atoms with Crippen LogP contribution in [0.5, 0.6) is 0 Å². The van der Waals surface area contributed by atoms with E-state index in [0.29, 0.717) is 37.1 Å². The molecule has 0 saturated carbocycles. The van der Waals surface area contributed by atoms with Crippen molar-refractivity contribution in [3.63, 3.8) is 0 Å². The molecule has 10 heteroatoms. The van der Waals surface area contributed by atoms with Gasteiger partial charge < -0.3 is 4.74 Å². The minimum atomic E-state index is -0.659. The van der Waals surface area contributed by atoms with Gasteiger partial charge in [-0.15, -0.1) is 0 Å². The van der Waals surface area contributed by atoms with Crippen LogP contribution in [0.25, 0.3) is 0 Å². The average Bonchev–Trinajstić information content (AvgIpc) is 3.20. The van der Waals surface area contributed by atoms with Crippen molar-refractivity contribution < 1.29 is 14.5 Å². The Labute approximate surface area is 188 Å². The third-order valence-corrected chi connectivity index (χ3v) is 8.12. The highest BCUT2D eigenvalue weighted by molar-refractivity contribution is 8.27. The third-order valence-electron chi connectivity index (χ3n) is 4.97. The molecule has 1 fully saturated rings. The van der Waals surface area contributed by atoms with Crippen molar-refractivity contribution in [3.8, 4) is 0 Å². The predicted molar refractivity (Wildman–Crippen MR) is 124 cm³/mol. The number of para-hydroxylation sites is 1. The van der Waals surface area contributed by atoms with Crippen LogP contribution in [0.2, 0.25) is 0 Å². The Morgan fingerprint density at radius 1 is 1.19 bits per heavy atom. The molecule has 2 aromatic carbocycles. The van der Waals surface area contributed by atoms with Crippen molar-refractivity contribution in [3.05, 3.63) is 70.3 Å². The topological polar surface area (TPSA) is 88.3 Å². The summed E-state index contributed by atoms with van der Waals surface area (Å²) >= 11 is 3.11. The van der Waals surface area contributed by atoms with Crippen LogP contribution in [0.3, 0.4) is 0 Å². The van der Waals surface area contributed by atoms with E-state index in [1.54, 1.807) is 23.9 Å². The average molecular weight is 459 g/mol. The number of benzene rings is 2. The number of hydrogen-bond donors (Lipinski definition) is 0. The summed E-state index contributed by atoms with van der Waals surface area (Å²) in [5, 5.41) is 18.1. The van der Waals surface area contributed by atoms with Crippen LogP contribution in [0.4, 0.5) is 11.4 Å². The quantitative estimate of drug-likeness (QED) is 0.456. The molecule has 2 aliphatic rings. The van der Waals surface area contributed by atoms with Gasteiger partial charge >= 0.3 is 0 Å². The van der Waals surface area contributed by atoms with Gasteiger partial charge in [-0.3, -0.25) is 19.8 Å². The number of non-ortho nitro benzene ring substituents is 1. The summed E-state index contributed by atoms with van der Waals surface area (Å²) in [6.45, 7) is 4.18. The standard InChI is InChI=1S/C21H22N4O4S2/c1-16(26)20-22-24(18-5-3-2-4-6-18)21(31-20,23-11-13-29-14-12-23)30-15-17-7-9-19(10-8-17)25(27)28/h2-10H,11-15H2,1H3/t21-/m1/s1. The molecule has 1 atom stereocenters. The first-order chi connectivity index (χ1) is 15.0. The number of thioether (sulfide) groups is 2. The lowest BCUT2D eigenvalue weighted by molar-refractivity contribution is -0.384. The summed E-state index contributed by atoms with van der Waals surface area (Å²) in [7, 11) is 0. The van der Waals surface area contributed by atoms with Crippen LogP contribution in [0.1, 0.15) is 12.5 Å². The molecular formula is C21H22N4O4S2. The van der Waals surface area contributed by atoms with Crippen molar-refractivity contribution >= 4 is 45.7 Å². The maximum atomic E-state index is 12.3. The van der Waals surface area contributed by atoms with Crippen molar-refractivity contribution in [2.75, 3.05) is 31.3 Å². The molecule has 0 bridgehead atoms. The highest BCUT2D eigenvalue weighted by Crippen LogP contribution is 2.51. The number of carbonyl (C=O) groups excluding carboxylic acids is 1. The van der Waals surface area contributed by atoms with E-state index < -0.39 is 9.25 Å². The van der Waals surface area contributed by atoms with E-state index >= 15 is 0 Å². The van der Waals surface area contributed by atoms with Gasteiger partial charge in [-0.05, 0) is 29.5 Å². The van der Waals surface area contributed by atoms with Crippen molar-refractivity contribution in [2.45, 2.75) is 17.0 Å². The number of ketones is 1. The van der Waals surface area contributed by atoms with Crippen LogP contribution in [0, 0.1) is 10.1 Å². The maximum Gasteiger partial charge on any atom is 0.269 e. The summed E-state index contributed by atoms with van der Waals surface area (Å²) in [5.41, 5.74) is 1.93. The molecule has 2 heterocycles. The number of nitro benzene ring substituents is 1. The van der Waals surface area contributed by atoms with Gasteiger partial charge in [-0.25, -0.2) is 5.01 Å². The molecule has 0 spiro atoms. The Hall–Kier alpha value is -2.40. The molecule has 1 saturated heterocycles. The van der Waals surface area contributed by atoms with Gasteiger partial charge in [0.25, 0.3) is 5.69 Å². The van der Waals surface area contributed by atoms with E-state index in [-0.39, 0.29) is 11.5 Å². The first-order valence-corrected chi connectivity index (χ1v) is 11.6. The zero-order valence-electron chi connectivity index (χ0n) is 17.0. The summed E-state index contributed by atoms with van der Waals surface area (Å²) < 4.78 is 4.91. The second kappa shape index (κ2) is 9.39. The molecule has 162 valence electrons. The Morgan fingerprint density at radius 3 is 2.48 bits per heavy atom. The van der Waals surface area contributed by atoms with Gasteiger partial charge in [0.1, 0.15) is 0 Å². The number of hydrogen-bond acceptors (Lipinski definition) is 9. The normalized spacial score (nSPS) is 21.7. The van der Waals surface area contributed by atoms with Gasteiger partial charge in [-0.1, -0.05) is 42.1 Å². The lowest BCUT2D eigenvalue weighted by Gasteiger charge is -2.45. The Balaban J connectivity index is 1.68. The number of hydrazone groups is 1. The number of anilines is 1. The molecule has 4 rings (SSSR count).